The van der Waals surface area contributed by atoms with E-state index in [9.17, 15) is 4.79 Å². The van der Waals surface area contributed by atoms with Gasteiger partial charge in [-0.1, -0.05) is 18.2 Å². The summed E-state index contributed by atoms with van der Waals surface area (Å²) in [5, 5.41) is 4.01. The highest BCUT2D eigenvalue weighted by Gasteiger charge is 2.06. The molecule has 0 saturated carbocycles. The van der Waals surface area contributed by atoms with Gasteiger partial charge >= 0.3 is 0 Å². The average Bonchev–Trinajstić information content (AvgIpc) is 2.91. The number of H-pyrrole nitrogens is 1. The summed E-state index contributed by atoms with van der Waals surface area (Å²) in [4.78, 5) is 19.1. The number of nitrogens with one attached hydrogen (secondary N) is 2. The van der Waals surface area contributed by atoms with Crippen molar-refractivity contribution >= 4 is 16.8 Å². The average molecular weight is 267 g/mol. The van der Waals surface area contributed by atoms with Gasteiger partial charge < -0.3 is 10.3 Å². The van der Waals surface area contributed by atoms with Crippen LogP contribution in [0.2, 0.25) is 0 Å². The predicted octanol–water partition coefficient (Wildman–Crippen LogP) is 2.54. The van der Waals surface area contributed by atoms with Crippen LogP contribution in [0.25, 0.3) is 10.9 Å². The summed E-state index contributed by atoms with van der Waals surface area (Å²) < 4.78 is 7.68. The zero-order valence-electron chi connectivity index (χ0n) is 11.9. The molecule has 4 nitrogen and oxygen atoms in total. The summed E-state index contributed by atoms with van der Waals surface area (Å²) in [5.74, 6) is -0.257. The lowest BCUT2D eigenvalue weighted by Crippen LogP contribution is -2.25. The number of hydrogen-bond donors (Lipinski definition) is 2. The fraction of sp³-hybridized carbons (Fsp3) is 0.125. The van der Waals surface area contributed by atoms with Gasteiger partial charge in [-0.2, -0.15) is 0 Å². The van der Waals surface area contributed by atoms with E-state index in [4.69, 9.17) is 1.37 Å². The molecule has 0 spiro atoms. The normalized spacial score (nSPS) is 11.3. The van der Waals surface area contributed by atoms with Crippen LogP contribution >= 0.6 is 0 Å². The van der Waals surface area contributed by atoms with Crippen molar-refractivity contribution in [1.82, 2.24) is 15.3 Å². The number of amides is 1. The van der Waals surface area contributed by atoms with Crippen LogP contribution in [0.5, 0.6) is 0 Å². The van der Waals surface area contributed by atoms with Crippen molar-refractivity contribution in [3.05, 3.63) is 66.1 Å². The summed E-state index contributed by atoms with van der Waals surface area (Å²) in [6, 6.07) is 9.78. The number of benzene rings is 1. The first-order valence-electron chi connectivity index (χ1n) is 6.99. The number of aromatic nitrogens is 2. The van der Waals surface area contributed by atoms with Gasteiger partial charge in [0.15, 0.2) is 0 Å². The SMILES string of the molecule is [3H]c1ccncc1C(=O)NCCc1c[nH]c2ccccc12. The number of fused-ring (bicyclic) bond motifs is 1. The number of carbonyl (C=O) groups is 1. The number of carbonyl (C=O) groups excluding carboxylic acids is 1. The summed E-state index contributed by atoms with van der Waals surface area (Å²) in [7, 11) is 0. The Balaban J connectivity index is 1.64. The number of nitrogens with zero attached hydrogens (tertiary/aromatic N) is 1. The molecule has 0 saturated heterocycles. The maximum Gasteiger partial charge on any atom is 0.252 e. The number of para-hydroxylation sites is 1. The molecular formula is C16H15N3O. The molecule has 3 aromatic rings. The third kappa shape index (κ3) is 2.54. The zero-order chi connectivity index (χ0) is 14.7. The van der Waals surface area contributed by atoms with Crippen LogP contribution in [0.15, 0.2) is 55.0 Å². The van der Waals surface area contributed by atoms with Gasteiger partial charge in [-0.3, -0.25) is 9.78 Å². The molecule has 2 heterocycles. The van der Waals surface area contributed by atoms with Crippen LogP contribution < -0.4 is 5.32 Å². The van der Waals surface area contributed by atoms with E-state index in [0.717, 1.165) is 11.9 Å². The van der Waals surface area contributed by atoms with Gasteiger partial charge in [0.2, 0.25) is 0 Å². The predicted molar refractivity (Wildman–Crippen MR) is 78.6 cm³/mol. The molecule has 0 atom stereocenters. The minimum atomic E-state index is -0.257. The van der Waals surface area contributed by atoms with Gasteiger partial charge in [0.05, 0.1) is 6.93 Å². The van der Waals surface area contributed by atoms with E-state index >= 15 is 0 Å². The van der Waals surface area contributed by atoms with E-state index in [2.05, 4.69) is 21.4 Å². The van der Waals surface area contributed by atoms with Gasteiger partial charge in [-0.05, 0) is 30.2 Å². The number of aromatic amines is 1. The smallest absolute Gasteiger partial charge is 0.252 e. The molecule has 4 heteroatoms. The zero-order valence-corrected chi connectivity index (χ0v) is 10.9. The topological polar surface area (TPSA) is 57.8 Å². The van der Waals surface area contributed by atoms with Crippen molar-refractivity contribution in [3.8, 4) is 0 Å². The molecule has 2 aromatic heterocycles. The molecular weight excluding hydrogens is 250 g/mol. The fourth-order valence-electron chi connectivity index (χ4n) is 2.19. The molecule has 0 fully saturated rings. The first-order valence-corrected chi connectivity index (χ1v) is 6.49. The van der Waals surface area contributed by atoms with Crippen molar-refractivity contribution in [2.24, 2.45) is 0 Å². The molecule has 0 aliphatic rings. The van der Waals surface area contributed by atoms with Crippen LogP contribution in [-0.2, 0) is 6.42 Å². The largest absolute Gasteiger partial charge is 0.361 e. The molecule has 1 aromatic carbocycles. The Hall–Kier alpha value is -2.62. The molecule has 20 heavy (non-hydrogen) atoms. The third-order valence-electron chi connectivity index (χ3n) is 3.20. The molecule has 100 valence electrons. The van der Waals surface area contributed by atoms with Crippen molar-refractivity contribution in [2.75, 3.05) is 6.54 Å². The van der Waals surface area contributed by atoms with Crippen molar-refractivity contribution < 1.29 is 6.17 Å². The molecule has 0 aliphatic carbocycles. The van der Waals surface area contributed by atoms with Gasteiger partial charge in [-0.15, -0.1) is 0 Å². The number of rotatable bonds is 4. The number of hydrogen-bond acceptors (Lipinski definition) is 2. The first-order chi connectivity index (χ1) is 10.3. The first kappa shape index (κ1) is 11.2. The Kier molecular flexibility index (Phi) is 3.13. The van der Waals surface area contributed by atoms with E-state index in [0.29, 0.717) is 12.1 Å². The maximum absolute atomic E-state index is 12.0. The van der Waals surface area contributed by atoms with Crippen LogP contribution in [-0.4, -0.2) is 22.4 Å². The maximum atomic E-state index is 12.0. The number of pyridine rings is 1. The fourth-order valence-corrected chi connectivity index (χ4v) is 2.19. The summed E-state index contributed by atoms with van der Waals surface area (Å²) >= 11 is 0. The Morgan fingerprint density at radius 1 is 1.35 bits per heavy atom. The van der Waals surface area contributed by atoms with Crippen LogP contribution in [0, 0.1) is 0 Å². The Labute approximate surface area is 118 Å². The lowest BCUT2D eigenvalue weighted by molar-refractivity contribution is 0.0954. The second-order valence-electron chi connectivity index (χ2n) is 4.52. The second-order valence-corrected chi connectivity index (χ2v) is 4.52. The van der Waals surface area contributed by atoms with E-state index in [1.807, 2.05) is 24.4 Å². The highest BCUT2D eigenvalue weighted by molar-refractivity contribution is 5.93. The summed E-state index contributed by atoms with van der Waals surface area (Å²) in [6.07, 6.45) is 5.63. The second kappa shape index (κ2) is 5.57. The molecule has 0 radical (unpaired) electrons. The molecule has 0 aliphatic heterocycles. The third-order valence-corrected chi connectivity index (χ3v) is 3.20. The molecule has 0 bridgehead atoms. The molecule has 2 N–H and O–H groups in total. The Morgan fingerprint density at radius 2 is 2.25 bits per heavy atom. The van der Waals surface area contributed by atoms with Crippen LogP contribution in [0.4, 0.5) is 0 Å². The van der Waals surface area contributed by atoms with E-state index < -0.39 is 0 Å². The van der Waals surface area contributed by atoms with Crippen LogP contribution in [0.1, 0.15) is 17.3 Å². The van der Waals surface area contributed by atoms with E-state index in [-0.39, 0.29) is 11.9 Å². The summed E-state index contributed by atoms with van der Waals surface area (Å²) in [6.45, 7) is 0.523. The highest BCUT2D eigenvalue weighted by Crippen LogP contribution is 2.17. The molecule has 1 amide bonds. The van der Waals surface area contributed by atoms with Gasteiger partial charge in [0.25, 0.3) is 5.91 Å². The van der Waals surface area contributed by atoms with Crippen LogP contribution in [0.3, 0.4) is 0 Å². The monoisotopic (exact) mass is 267 g/mol. The van der Waals surface area contributed by atoms with Gasteiger partial charge in [0.1, 0.15) is 0 Å². The Morgan fingerprint density at radius 3 is 3.15 bits per heavy atom. The van der Waals surface area contributed by atoms with E-state index in [1.165, 1.54) is 29.4 Å². The quantitative estimate of drug-likeness (QED) is 0.763. The minimum absolute atomic E-state index is 0.189. The lowest BCUT2D eigenvalue weighted by Gasteiger charge is -2.04. The van der Waals surface area contributed by atoms with Crippen molar-refractivity contribution in [3.63, 3.8) is 0 Å². The summed E-state index contributed by atoms with van der Waals surface area (Å²) in [5.41, 5.74) is 2.57. The molecule has 3 rings (SSSR count). The van der Waals surface area contributed by atoms with Crippen molar-refractivity contribution in [2.45, 2.75) is 6.42 Å². The standard InChI is InChI=1S/C16H15N3O/c20-16(13-4-3-8-17-10-13)18-9-7-12-11-19-15-6-2-1-5-14(12)15/h1-6,8,10-11,19H,7,9H2,(H,18,20)/i4T. The highest BCUT2D eigenvalue weighted by atomic mass is 16.1. The van der Waals surface area contributed by atoms with Crippen molar-refractivity contribution in [1.29, 1.82) is 0 Å². The minimum Gasteiger partial charge on any atom is -0.361 e. The lowest BCUT2D eigenvalue weighted by atomic mass is 10.1. The Bertz CT molecular complexity index is 782. The van der Waals surface area contributed by atoms with Gasteiger partial charge in [-0.25, -0.2) is 0 Å². The van der Waals surface area contributed by atoms with E-state index in [1.54, 1.807) is 0 Å². The van der Waals surface area contributed by atoms with Gasteiger partial charge in [0, 0.05) is 36.0 Å². The molecule has 0 unspecified atom stereocenters.